The number of carboxylic acid groups (broad SMARTS) is 1. The van der Waals surface area contributed by atoms with Gasteiger partial charge in [-0.15, -0.1) is 0 Å². The number of hydrogen-bond acceptors (Lipinski definition) is 7. The van der Waals surface area contributed by atoms with Crippen LogP contribution in [0, 0.1) is 0 Å². The molecule has 0 N–H and O–H groups in total. The summed E-state index contributed by atoms with van der Waals surface area (Å²) >= 11 is 0. The highest BCUT2D eigenvalue weighted by Crippen LogP contribution is 2.12. The molecule has 8 heteroatoms. The molecule has 0 heterocycles. The van der Waals surface area contributed by atoms with E-state index in [-0.39, 0.29) is 55.5 Å². The van der Waals surface area contributed by atoms with E-state index in [1.807, 2.05) is 36.5 Å². The van der Waals surface area contributed by atoms with E-state index in [9.17, 15) is 19.5 Å². The van der Waals surface area contributed by atoms with E-state index in [2.05, 4.69) is 98.9 Å². The van der Waals surface area contributed by atoms with Gasteiger partial charge in [0, 0.05) is 19.3 Å². The van der Waals surface area contributed by atoms with E-state index in [0.29, 0.717) is 6.42 Å². The molecule has 0 amide bonds. The first-order valence-corrected chi connectivity index (χ1v) is 24.1. The molecular weight excluding hydrogens is 787 g/mol. The monoisotopic (exact) mass is 874 g/mol. The molecule has 0 fully saturated rings. The Morgan fingerprint density at radius 1 is 0.492 bits per heavy atom. The summed E-state index contributed by atoms with van der Waals surface area (Å²) in [7, 11) is 5.37. The largest absolute Gasteiger partial charge is 0.544 e. The summed E-state index contributed by atoms with van der Waals surface area (Å²) < 4.78 is 17.1. The van der Waals surface area contributed by atoms with Gasteiger partial charge >= 0.3 is 11.9 Å². The second-order valence-corrected chi connectivity index (χ2v) is 16.8. The van der Waals surface area contributed by atoms with Crippen LogP contribution < -0.4 is 5.11 Å². The fourth-order valence-corrected chi connectivity index (χ4v) is 6.18. The number of carboxylic acids is 1. The summed E-state index contributed by atoms with van der Waals surface area (Å²) in [5.74, 6) is -1.84. The zero-order chi connectivity index (χ0) is 46.3. The van der Waals surface area contributed by atoms with Gasteiger partial charge in [0.15, 0.2) is 6.10 Å². The van der Waals surface area contributed by atoms with Gasteiger partial charge in [-0.25, -0.2) is 0 Å². The molecule has 0 aromatic heterocycles. The van der Waals surface area contributed by atoms with Crippen molar-refractivity contribution in [2.24, 2.45) is 0 Å². The van der Waals surface area contributed by atoms with Crippen LogP contribution in [0.1, 0.15) is 155 Å². The fourth-order valence-electron chi connectivity index (χ4n) is 6.18. The molecule has 354 valence electrons. The second kappa shape index (κ2) is 44.3. The van der Waals surface area contributed by atoms with Crippen LogP contribution in [-0.4, -0.2) is 75.5 Å². The SMILES string of the molecule is CCC/C=C/C=C/C=C/C=C/C=C/CCCCCCCC(=O)OC(COCCC(C(=O)[O-])[N+](C)(C)C)COC(=O)CCCC/C=C/C/C=C/C/C=C/C/C=C/C/C=C/CCCCC. The Morgan fingerprint density at radius 2 is 0.937 bits per heavy atom. The van der Waals surface area contributed by atoms with Crippen molar-refractivity contribution in [3.63, 3.8) is 0 Å². The van der Waals surface area contributed by atoms with Crippen molar-refractivity contribution in [1.82, 2.24) is 0 Å². The molecule has 2 atom stereocenters. The minimum Gasteiger partial charge on any atom is -0.544 e. The van der Waals surface area contributed by atoms with Crippen molar-refractivity contribution in [3.8, 4) is 0 Å². The van der Waals surface area contributed by atoms with Crippen molar-refractivity contribution < 1.29 is 38.2 Å². The van der Waals surface area contributed by atoms with E-state index in [1.54, 1.807) is 21.1 Å². The van der Waals surface area contributed by atoms with Crippen LogP contribution in [0.2, 0.25) is 0 Å². The van der Waals surface area contributed by atoms with E-state index >= 15 is 0 Å². The first kappa shape index (κ1) is 58.7. The summed E-state index contributed by atoms with van der Waals surface area (Å²) in [6, 6.07) is -0.746. The predicted octanol–water partition coefficient (Wildman–Crippen LogP) is 12.5. The Hall–Kier alpha value is -4.27. The molecule has 0 spiro atoms. The molecule has 0 aromatic rings. The molecule has 0 aliphatic carbocycles. The van der Waals surface area contributed by atoms with Gasteiger partial charge in [0.05, 0.1) is 40.3 Å². The smallest absolute Gasteiger partial charge is 0.306 e. The third-order valence-electron chi connectivity index (χ3n) is 9.93. The number of carbonyl (C=O) groups is 3. The summed E-state index contributed by atoms with van der Waals surface area (Å²) in [6.07, 6.45) is 62.2. The van der Waals surface area contributed by atoms with Crippen molar-refractivity contribution in [2.45, 2.75) is 167 Å². The van der Waals surface area contributed by atoms with E-state index < -0.39 is 18.1 Å². The highest BCUT2D eigenvalue weighted by atomic mass is 16.6. The Balaban J connectivity index is 4.47. The summed E-state index contributed by atoms with van der Waals surface area (Å²) in [5, 5.41) is 11.7. The van der Waals surface area contributed by atoms with Crippen LogP contribution in [0.25, 0.3) is 0 Å². The maximum atomic E-state index is 12.8. The maximum absolute atomic E-state index is 12.8. The van der Waals surface area contributed by atoms with Crippen molar-refractivity contribution >= 4 is 17.9 Å². The molecule has 0 saturated carbocycles. The third kappa shape index (κ3) is 42.8. The maximum Gasteiger partial charge on any atom is 0.306 e. The second-order valence-electron chi connectivity index (χ2n) is 16.8. The highest BCUT2D eigenvalue weighted by molar-refractivity contribution is 5.70. The summed E-state index contributed by atoms with van der Waals surface area (Å²) in [5.41, 5.74) is 0. The number of ether oxygens (including phenoxy) is 3. The zero-order valence-corrected chi connectivity index (χ0v) is 40.2. The first-order valence-electron chi connectivity index (χ1n) is 24.1. The quantitative estimate of drug-likeness (QED) is 0.0198. The Kier molecular flexibility index (Phi) is 41.3. The summed E-state index contributed by atoms with van der Waals surface area (Å²) in [6.45, 7) is 4.45. The van der Waals surface area contributed by atoms with Crippen LogP contribution in [0.15, 0.2) is 122 Å². The number of quaternary nitrogens is 1. The van der Waals surface area contributed by atoms with Crippen molar-refractivity contribution in [3.05, 3.63) is 122 Å². The normalized spacial score (nSPS) is 14.0. The van der Waals surface area contributed by atoms with E-state index in [1.165, 1.54) is 32.1 Å². The van der Waals surface area contributed by atoms with Gasteiger partial charge in [-0.1, -0.05) is 174 Å². The third-order valence-corrected chi connectivity index (χ3v) is 9.93. The number of esters is 2. The minimum atomic E-state index is -1.14. The van der Waals surface area contributed by atoms with Crippen LogP contribution in [0.4, 0.5) is 0 Å². The lowest BCUT2D eigenvalue weighted by Crippen LogP contribution is -2.55. The van der Waals surface area contributed by atoms with Crippen LogP contribution >= 0.6 is 0 Å². The molecule has 8 nitrogen and oxygen atoms in total. The lowest BCUT2D eigenvalue weighted by atomic mass is 10.1. The number of nitrogens with zero attached hydrogens (tertiary/aromatic N) is 1. The Bertz CT molecular complexity index is 1440. The standard InChI is InChI=1S/C55H87NO7/c1-6-8-10-12-14-16-18-20-22-24-26-27-28-30-31-33-35-37-39-41-43-45-53(57)62-50-51(49-61-48-47-52(55(59)60)56(3,4)5)63-54(58)46-44-42-40-38-36-34-32-29-25-23-21-19-17-15-13-11-9-7-2/h11,13-17,19-23,25-27,29-32,35,37,51-52H,6-10,12,18,24,28,33-34,36,38-50H2,1-5H3/b13-11+,16-14+,17-15+,21-19+,22-20+,25-23+,27-26+,31-30+,32-29+,37-35+. The number of likely N-dealkylation sites (N-methyl/N-ethyl adjacent to an activating group) is 1. The molecule has 0 rings (SSSR count). The minimum absolute atomic E-state index is 0.00687. The number of rotatable bonds is 41. The molecule has 0 bridgehead atoms. The summed E-state index contributed by atoms with van der Waals surface area (Å²) in [4.78, 5) is 37.0. The molecule has 2 unspecified atom stereocenters. The van der Waals surface area contributed by atoms with Gasteiger partial charge in [0.25, 0.3) is 0 Å². The number of hydrogen-bond donors (Lipinski definition) is 0. The van der Waals surface area contributed by atoms with Crippen LogP contribution in [0.5, 0.6) is 0 Å². The molecule has 0 aliphatic rings. The first-order chi connectivity index (χ1) is 30.6. The van der Waals surface area contributed by atoms with Gasteiger partial charge in [-0.3, -0.25) is 9.59 Å². The van der Waals surface area contributed by atoms with Gasteiger partial charge in [0.1, 0.15) is 12.6 Å². The Morgan fingerprint density at radius 3 is 1.48 bits per heavy atom. The molecule has 0 radical (unpaired) electrons. The molecular formula is C55H87NO7. The number of aliphatic carboxylic acids is 1. The average Bonchev–Trinajstić information content (AvgIpc) is 3.24. The topological polar surface area (TPSA) is 102 Å². The van der Waals surface area contributed by atoms with Crippen LogP contribution in [-0.2, 0) is 28.6 Å². The molecule has 0 saturated heterocycles. The van der Waals surface area contributed by atoms with Crippen LogP contribution in [0.3, 0.4) is 0 Å². The molecule has 0 aliphatic heterocycles. The Labute approximate surface area is 384 Å². The van der Waals surface area contributed by atoms with Gasteiger partial charge in [-0.05, 0) is 83.5 Å². The predicted molar refractivity (Wildman–Crippen MR) is 263 cm³/mol. The molecule has 0 aromatic carbocycles. The average molecular weight is 874 g/mol. The van der Waals surface area contributed by atoms with Gasteiger partial charge in [-0.2, -0.15) is 0 Å². The number of carbonyl (C=O) groups excluding carboxylic acids is 3. The van der Waals surface area contributed by atoms with E-state index in [0.717, 1.165) is 83.5 Å². The van der Waals surface area contributed by atoms with Crippen molar-refractivity contribution in [1.29, 1.82) is 0 Å². The van der Waals surface area contributed by atoms with Crippen molar-refractivity contribution in [2.75, 3.05) is 41.0 Å². The number of unbranched alkanes of at least 4 members (excludes halogenated alkanes) is 11. The fraction of sp³-hybridized carbons (Fsp3) is 0.582. The highest BCUT2D eigenvalue weighted by Gasteiger charge is 2.25. The van der Waals surface area contributed by atoms with Gasteiger partial charge < -0.3 is 28.6 Å². The van der Waals surface area contributed by atoms with Gasteiger partial charge in [0.2, 0.25) is 0 Å². The van der Waals surface area contributed by atoms with E-state index in [4.69, 9.17) is 14.2 Å². The lowest BCUT2D eigenvalue weighted by molar-refractivity contribution is -0.889. The molecule has 63 heavy (non-hydrogen) atoms. The lowest BCUT2D eigenvalue weighted by Gasteiger charge is -2.34. The zero-order valence-electron chi connectivity index (χ0n) is 40.2. The number of allylic oxidation sites excluding steroid dienone is 20.